The smallest absolute Gasteiger partial charge is 0.174 e. The Labute approximate surface area is 153 Å². The second kappa shape index (κ2) is 8.97. The maximum absolute atomic E-state index is 6.30. The molecule has 1 aromatic heterocycles. The van der Waals surface area contributed by atoms with E-state index in [1.165, 1.54) is 0 Å². The number of ether oxygens (including phenoxy) is 1. The van der Waals surface area contributed by atoms with Crippen LogP contribution in [0.5, 0.6) is 0 Å². The molecule has 0 aliphatic carbocycles. The number of nitrogens with one attached hydrogen (secondary N) is 1. The van der Waals surface area contributed by atoms with Gasteiger partial charge in [0.25, 0.3) is 0 Å². The Bertz CT molecular complexity index is 681. The lowest BCUT2D eigenvalue weighted by Gasteiger charge is -2.31. The minimum atomic E-state index is 0.0190. The molecular weight excluding hydrogens is 342 g/mol. The van der Waals surface area contributed by atoms with E-state index in [1.54, 1.807) is 13.3 Å². The molecule has 0 saturated heterocycles. The van der Waals surface area contributed by atoms with Gasteiger partial charge in [-0.05, 0) is 55.9 Å². The van der Waals surface area contributed by atoms with Crippen LogP contribution in [0, 0.1) is 6.92 Å². The van der Waals surface area contributed by atoms with Crippen molar-refractivity contribution in [2.75, 3.05) is 25.6 Å². The first-order valence-corrected chi connectivity index (χ1v) is 8.55. The second-order valence-electron chi connectivity index (χ2n) is 5.53. The zero-order valence-corrected chi connectivity index (χ0v) is 15.7. The van der Waals surface area contributed by atoms with Crippen molar-refractivity contribution in [1.29, 1.82) is 0 Å². The number of benzene rings is 1. The number of aromatic nitrogens is 1. The molecule has 0 fully saturated rings. The molecule has 0 bridgehead atoms. The number of rotatable bonds is 6. The summed E-state index contributed by atoms with van der Waals surface area (Å²) in [5.41, 5.74) is 2.85. The zero-order chi connectivity index (χ0) is 17.5. The summed E-state index contributed by atoms with van der Waals surface area (Å²) >= 11 is 11.9. The minimum absolute atomic E-state index is 0.0190. The van der Waals surface area contributed by atoms with Crippen LogP contribution in [0.15, 0.2) is 42.6 Å². The lowest BCUT2D eigenvalue weighted by Crippen LogP contribution is -2.39. The monoisotopic (exact) mass is 363 g/mol. The number of hydrogen-bond donors (Lipinski definition) is 1. The maximum Gasteiger partial charge on any atom is 0.174 e. The third-order valence-corrected chi connectivity index (χ3v) is 4.40. The Morgan fingerprint density at radius 3 is 2.79 bits per heavy atom. The van der Waals surface area contributed by atoms with Crippen LogP contribution < -0.4 is 5.32 Å². The summed E-state index contributed by atoms with van der Waals surface area (Å²) in [6.45, 7) is 5.30. The molecule has 1 atom stereocenters. The number of nitrogens with zero attached hydrogens (tertiary/aromatic N) is 2. The summed E-state index contributed by atoms with van der Waals surface area (Å²) in [7, 11) is 1.68. The molecule has 0 amide bonds. The molecule has 0 aliphatic heterocycles. The molecule has 1 N–H and O–H groups in total. The molecule has 0 spiro atoms. The highest BCUT2D eigenvalue weighted by Gasteiger charge is 2.20. The van der Waals surface area contributed by atoms with Gasteiger partial charge in [0.15, 0.2) is 5.11 Å². The fraction of sp³-hybridized carbons (Fsp3) is 0.333. The van der Waals surface area contributed by atoms with Crippen LogP contribution in [0.2, 0.25) is 5.02 Å². The third-order valence-electron chi connectivity index (χ3n) is 3.75. The molecule has 1 aromatic carbocycles. The highest BCUT2D eigenvalue weighted by Crippen LogP contribution is 2.25. The lowest BCUT2D eigenvalue weighted by atomic mass is 10.2. The Kier molecular flexibility index (Phi) is 6.97. The number of pyridine rings is 1. The highest BCUT2D eigenvalue weighted by atomic mass is 35.5. The Hall–Kier alpha value is -1.69. The van der Waals surface area contributed by atoms with E-state index in [4.69, 9.17) is 28.6 Å². The maximum atomic E-state index is 6.30. The van der Waals surface area contributed by atoms with Gasteiger partial charge in [0.1, 0.15) is 0 Å². The Morgan fingerprint density at radius 2 is 2.17 bits per heavy atom. The molecule has 4 nitrogen and oxygen atoms in total. The van der Waals surface area contributed by atoms with Gasteiger partial charge in [-0.1, -0.05) is 23.7 Å². The summed E-state index contributed by atoms with van der Waals surface area (Å²) in [5.74, 6) is 0. The largest absolute Gasteiger partial charge is 0.383 e. The van der Waals surface area contributed by atoms with Crippen molar-refractivity contribution < 1.29 is 4.74 Å². The first-order valence-electron chi connectivity index (χ1n) is 7.76. The number of aryl methyl sites for hydroxylation is 1. The van der Waals surface area contributed by atoms with E-state index >= 15 is 0 Å². The number of thiocarbonyl (C=S) groups is 1. The van der Waals surface area contributed by atoms with Crippen LogP contribution in [-0.4, -0.2) is 35.3 Å². The van der Waals surface area contributed by atoms with Crippen LogP contribution in [0.1, 0.15) is 24.2 Å². The van der Waals surface area contributed by atoms with Crippen LogP contribution in [0.3, 0.4) is 0 Å². The highest BCUT2D eigenvalue weighted by molar-refractivity contribution is 7.80. The van der Waals surface area contributed by atoms with Crippen molar-refractivity contribution in [3.05, 3.63) is 58.9 Å². The average Bonchev–Trinajstić information content (AvgIpc) is 2.58. The Morgan fingerprint density at radius 1 is 1.38 bits per heavy atom. The number of hydrogen-bond acceptors (Lipinski definition) is 3. The molecular formula is C18H22ClN3OS. The average molecular weight is 364 g/mol. The van der Waals surface area contributed by atoms with Gasteiger partial charge in [0.2, 0.25) is 0 Å². The molecule has 2 aromatic rings. The van der Waals surface area contributed by atoms with E-state index < -0.39 is 0 Å². The first-order chi connectivity index (χ1) is 11.5. The van der Waals surface area contributed by atoms with Gasteiger partial charge < -0.3 is 15.0 Å². The normalized spacial score (nSPS) is 11.8. The molecule has 128 valence electrons. The number of anilines is 1. The quantitative estimate of drug-likeness (QED) is 0.767. The van der Waals surface area contributed by atoms with E-state index in [9.17, 15) is 0 Å². The van der Waals surface area contributed by atoms with Gasteiger partial charge >= 0.3 is 0 Å². The van der Waals surface area contributed by atoms with Crippen LogP contribution in [0.25, 0.3) is 0 Å². The summed E-state index contributed by atoms with van der Waals surface area (Å²) in [4.78, 5) is 6.48. The van der Waals surface area contributed by atoms with Crippen LogP contribution in [0.4, 0.5) is 5.69 Å². The van der Waals surface area contributed by atoms with E-state index in [-0.39, 0.29) is 6.04 Å². The van der Waals surface area contributed by atoms with Crippen molar-refractivity contribution in [2.24, 2.45) is 0 Å². The van der Waals surface area contributed by atoms with Gasteiger partial charge in [0, 0.05) is 19.9 Å². The van der Waals surface area contributed by atoms with Gasteiger partial charge in [-0.3, -0.25) is 4.98 Å². The minimum Gasteiger partial charge on any atom is -0.383 e. The predicted molar refractivity (Wildman–Crippen MR) is 104 cm³/mol. The Balaban J connectivity index is 2.18. The summed E-state index contributed by atoms with van der Waals surface area (Å²) in [5, 5.41) is 4.48. The van der Waals surface area contributed by atoms with E-state index in [0.29, 0.717) is 23.3 Å². The lowest BCUT2D eigenvalue weighted by molar-refractivity contribution is 0.164. The van der Waals surface area contributed by atoms with Gasteiger partial charge in [-0.25, -0.2) is 0 Å². The van der Waals surface area contributed by atoms with Crippen LogP contribution >= 0.6 is 23.8 Å². The summed E-state index contributed by atoms with van der Waals surface area (Å²) < 4.78 is 5.22. The van der Waals surface area contributed by atoms with Crippen molar-refractivity contribution in [3.8, 4) is 0 Å². The fourth-order valence-electron chi connectivity index (χ4n) is 2.35. The number of halogens is 1. The van der Waals surface area contributed by atoms with Crippen molar-refractivity contribution in [2.45, 2.75) is 19.9 Å². The van der Waals surface area contributed by atoms with E-state index in [2.05, 4.69) is 22.1 Å². The zero-order valence-electron chi connectivity index (χ0n) is 14.1. The van der Waals surface area contributed by atoms with E-state index in [0.717, 1.165) is 16.9 Å². The molecule has 0 aliphatic rings. The van der Waals surface area contributed by atoms with Gasteiger partial charge in [-0.2, -0.15) is 0 Å². The molecule has 0 unspecified atom stereocenters. The van der Waals surface area contributed by atoms with Crippen molar-refractivity contribution >= 4 is 34.6 Å². The second-order valence-corrected chi connectivity index (χ2v) is 6.32. The molecule has 6 heteroatoms. The number of methoxy groups -OCH3 is 1. The van der Waals surface area contributed by atoms with Crippen molar-refractivity contribution in [1.82, 2.24) is 9.88 Å². The predicted octanol–water partition coefficient (Wildman–Crippen LogP) is 4.45. The van der Waals surface area contributed by atoms with Gasteiger partial charge in [-0.15, -0.1) is 0 Å². The summed E-state index contributed by atoms with van der Waals surface area (Å²) in [6.07, 6.45) is 1.79. The van der Waals surface area contributed by atoms with Crippen LogP contribution in [-0.2, 0) is 4.74 Å². The van der Waals surface area contributed by atoms with Gasteiger partial charge in [0.05, 0.1) is 29.1 Å². The molecule has 1 heterocycles. The topological polar surface area (TPSA) is 37.4 Å². The summed E-state index contributed by atoms with van der Waals surface area (Å²) in [6, 6.07) is 11.7. The molecule has 0 radical (unpaired) electrons. The molecule has 2 rings (SSSR count). The fourth-order valence-corrected chi connectivity index (χ4v) is 2.99. The molecule has 24 heavy (non-hydrogen) atoms. The standard InChI is InChI=1S/C18H22ClN3OS/c1-13-7-8-17(15(19)12-13)21-18(24)22(10-11-23-3)14(2)16-6-4-5-9-20-16/h4-9,12,14H,10-11H2,1-3H3,(H,21,24)/t14-/m1/s1. The molecule has 0 saturated carbocycles. The third kappa shape index (κ3) is 4.90. The first kappa shape index (κ1) is 18.6. The van der Waals surface area contributed by atoms with Crippen molar-refractivity contribution in [3.63, 3.8) is 0 Å². The van der Waals surface area contributed by atoms with E-state index in [1.807, 2.05) is 43.3 Å². The SMILES string of the molecule is COCCN(C(=S)Nc1ccc(C)cc1Cl)[C@H](C)c1ccccn1.